The van der Waals surface area contributed by atoms with Crippen LogP contribution < -0.4 is 5.73 Å². The zero-order valence-corrected chi connectivity index (χ0v) is 9.10. The molecule has 0 spiro atoms. The third-order valence-corrected chi connectivity index (χ3v) is 3.15. The minimum atomic E-state index is -0.0319. The van der Waals surface area contributed by atoms with Crippen LogP contribution in [0.2, 0.25) is 0 Å². The van der Waals surface area contributed by atoms with Gasteiger partial charge in [-0.2, -0.15) is 0 Å². The molecule has 0 aromatic carbocycles. The Kier molecular flexibility index (Phi) is 3.12. The van der Waals surface area contributed by atoms with Crippen molar-refractivity contribution >= 4 is 5.78 Å². The van der Waals surface area contributed by atoms with Gasteiger partial charge < -0.3 is 5.73 Å². The summed E-state index contributed by atoms with van der Waals surface area (Å²) < 4.78 is 0. The van der Waals surface area contributed by atoms with E-state index < -0.39 is 0 Å². The molecule has 0 aliphatic heterocycles. The van der Waals surface area contributed by atoms with Gasteiger partial charge in [0.1, 0.15) is 6.04 Å². The van der Waals surface area contributed by atoms with Crippen LogP contribution in [0.3, 0.4) is 0 Å². The van der Waals surface area contributed by atoms with Crippen LogP contribution in [-0.4, -0.2) is 11.8 Å². The molecule has 2 nitrogen and oxygen atoms in total. The number of Topliss-reactive ketones (excluding diaryl/α,β-unsaturated/α-hetero) is 1. The molecule has 0 heterocycles. The molecule has 13 heavy (non-hydrogen) atoms. The van der Waals surface area contributed by atoms with Gasteiger partial charge in [-0.3, -0.25) is 4.79 Å². The van der Waals surface area contributed by atoms with E-state index in [2.05, 4.69) is 26.5 Å². The number of quaternary nitrogens is 1. The van der Waals surface area contributed by atoms with Gasteiger partial charge in [0.2, 0.25) is 0 Å². The molecule has 1 unspecified atom stereocenters. The normalized spacial score (nSPS) is 21.8. The topological polar surface area (TPSA) is 44.7 Å². The van der Waals surface area contributed by atoms with E-state index >= 15 is 0 Å². The van der Waals surface area contributed by atoms with Crippen LogP contribution in [0.5, 0.6) is 0 Å². The first-order chi connectivity index (χ1) is 5.93. The van der Waals surface area contributed by atoms with Crippen molar-refractivity contribution < 1.29 is 10.5 Å². The molecule has 1 aliphatic rings. The zero-order chi connectivity index (χ0) is 10.1. The van der Waals surface area contributed by atoms with E-state index in [0.717, 1.165) is 12.8 Å². The van der Waals surface area contributed by atoms with Crippen LogP contribution in [0.1, 0.15) is 46.5 Å². The van der Waals surface area contributed by atoms with Crippen molar-refractivity contribution in [3.8, 4) is 0 Å². The summed E-state index contributed by atoms with van der Waals surface area (Å²) in [4.78, 5) is 11.9. The first-order valence-electron chi connectivity index (χ1n) is 5.29. The Balaban J connectivity index is 2.56. The molecule has 0 saturated heterocycles. The van der Waals surface area contributed by atoms with Crippen molar-refractivity contribution in [2.45, 2.75) is 52.5 Å². The first kappa shape index (κ1) is 10.7. The lowest BCUT2D eigenvalue weighted by Gasteiger charge is -2.24. The summed E-state index contributed by atoms with van der Waals surface area (Å²) in [6, 6.07) is -0.0319. The van der Waals surface area contributed by atoms with Crippen LogP contribution in [0.15, 0.2) is 0 Å². The minimum absolute atomic E-state index is 0.0275. The average Bonchev–Trinajstić information content (AvgIpc) is 2.51. The van der Waals surface area contributed by atoms with Crippen LogP contribution in [0, 0.1) is 11.3 Å². The molecule has 0 aromatic heterocycles. The highest BCUT2D eigenvalue weighted by Gasteiger charge is 2.36. The SMILES string of the molecule is CC(C)(C)C([NH3+])C(=O)C1CCCC1. The second-order valence-electron chi connectivity index (χ2n) is 5.30. The van der Waals surface area contributed by atoms with Gasteiger partial charge in [0.05, 0.1) is 0 Å². The maximum absolute atomic E-state index is 11.9. The quantitative estimate of drug-likeness (QED) is 0.692. The molecular formula is C11H22NO+. The number of rotatable bonds is 2. The molecule has 3 N–H and O–H groups in total. The van der Waals surface area contributed by atoms with Gasteiger partial charge >= 0.3 is 0 Å². The van der Waals surface area contributed by atoms with Crippen LogP contribution in [-0.2, 0) is 4.79 Å². The summed E-state index contributed by atoms with van der Waals surface area (Å²) >= 11 is 0. The Morgan fingerprint density at radius 3 is 2.15 bits per heavy atom. The van der Waals surface area contributed by atoms with Crippen molar-refractivity contribution in [1.82, 2.24) is 0 Å². The summed E-state index contributed by atoms with van der Waals surface area (Å²) in [5.41, 5.74) is 4.03. The Bertz CT molecular complexity index is 187. The summed E-state index contributed by atoms with van der Waals surface area (Å²) in [5, 5.41) is 0. The van der Waals surface area contributed by atoms with Gasteiger partial charge in [0.25, 0.3) is 0 Å². The molecule has 0 radical (unpaired) electrons. The first-order valence-corrected chi connectivity index (χ1v) is 5.29. The molecule has 1 fully saturated rings. The molecule has 2 heteroatoms. The molecule has 1 saturated carbocycles. The summed E-state index contributed by atoms with van der Waals surface area (Å²) in [5.74, 6) is 0.715. The fourth-order valence-corrected chi connectivity index (χ4v) is 1.92. The number of carbonyl (C=O) groups is 1. The molecule has 0 aromatic rings. The predicted molar refractivity (Wildman–Crippen MR) is 53.1 cm³/mol. The van der Waals surface area contributed by atoms with Gasteiger partial charge in [-0.25, -0.2) is 0 Å². The highest BCUT2D eigenvalue weighted by atomic mass is 16.1. The second-order valence-corrected chi connectivity index (χ2v) is 5.30. The number of hydrogen-bond acceptors (Lipinski definition) is 1. The number of ketones is 1. The van der Waals surface area contributed by atoms with Gasteiger partial charge in [0, 0.05) is 11.3 Å². The van der Waals surface area contributed by atoms with Crippen LogP contribution in [0.4, 0.5) is 0 Å². The van der Waals surface area contributed by atoms with E-state index in [9.17, 15) is 4.79 Å². The number of hydrogen-bond donors (Lipinski definition) is 1. The smallest absolute Gasteiger partial charge is 0.193 e. The van der Waals surface area contributed by atoms with Crippen molar-refractivity contribution in [3.05, 3.63) is 0 Å². The lowest BCUT2D eigenvalue weighted by atomic mass is 9.80. The standard InChI is InChI=1S/C11H21NO/c1-11(2,3)10(12)9(13)8-6-4-5-7-8/h8,10H,4-7,12H2,1-3H3/p+1. The fourth-order valence-electron chi connectivity index (χ4n) is 1.92. The summed E-state index contributed by atoms with van der Waals surface area (Å²) in [6.45, 7) is 6.28. The lowest BCUT2D eigenvalue weighted by molar-refractivity contribution is -0.426. The Labute approximate surface area is 80.9 Å². The van der Waals surface area contributed by atoms with Gasteiger partial charge in [-0.15, -0.1) is 0 Å². The highest BCUT2D eigenvalue weighted by molar-refractivity contribution is 5.85. The van der Waals surface area contributed by atoms with E-state index in [1.165, 1.54) is 12.8 Å². The summed E-state index contributed by atoms with van der Waals surface area (Å²) in [7, 11) is 0. The Hall–Kier alpha value is -0.370. The summed E-state index contributed by atoms with van der Waals surface area (Å²) in [6.07, 6.45) is 4.66. The minimum Gasteiger partial charge on any atom is -0.348 e. The third-order valence-electron chi connectivity index (χ3n) is 3.15. The third kappa shape index (κ3) is 2.53. The van der Waals surface area contributed by atoms with Crippen LogP contribution >= 0.6 is 0 Å². The van der Waals surface area contributed by atoms with E-state index in [1.807, 2.05) is 0 Å². The Morgan fingerprint density at radius 2 is 1.77 bits per heavy atom. The fraction of sp³-hybridized carbons (Fsp3) is 0.909. The molecule has 0 bridgehead atoms. The molecule has 1 rings (SSSR count). The molecule has 1 aliphatic carbocycles. The lowest BCUT2D eigenvalue weighted by Crippen LogP contribution is -2.71. The maximum atomic E-state index is 11.9. The van der Waals surface area contributed by atoms with Gasteiger partial charge in [0.15, 0.2) is 5.78 Å². The van der Waals surface area contributed by atoms with Crippen molar-refractivity contribution in [1.29, 1.82) is 0 Å². The van der Waals surface area contributed by atoms with E-state index in [1.54, 1.807) is 0 Å². The molecule has 1 atom stereocenters. The van der Waals surface area contributed by atoms with E-state index in [-0.39, 0.29) is 11.5 Å². The van der Waals surface area contributed by atoms with Crippen molar-refractivity contribution in [3.63, 3.8) is 0 Å². The van der Waals surface area contributed by atoms with E-state index in [0.29, 0.717) is 11.7 Å². The van der Waals surface area contributed by atoms with Crippen molar-refractivity contribution in [2.75, 3.05) is 0 Å². The number of carbonyl (C=O) groups excluding carboxylic acids is 1. The van der Waals surface area contributed by atoms with Crippen molar-refractivity contribution in [2.24, 2.45) is 11.3 Å². The zero-order valence-electron chi connectivity index (χ0n) is 9.10. The Morgan fingerprint density at radius 1 is 1.31 bits per heavy atom. The van der Waals surface area contributed by atoms with Gasteiger partial charge in [-0.1, -0.05) is 33.6 Å². The molecule has 76 valence electrons. The molecular weight excluding hydrogens is 162 g/mol. The van der Waals surface area contributed by atoms with E-state index in [4.69, 9.17) is 0 Å². The molecule has 0 amide bonds. The monoisotopic (exact) mass is 184 g/mol. The van der Waals surface area contributed by atoms with Gasteiger partial charge in [-0.05, 0) is 12.8 Å². The van der Waals surface area contributed by atoms with Crippen LogP contribution in [0.25, 0.3) is 0 Å². The maximum Gasteiger partial charge on any atom is 0.193 e. The largest absolute Gasteiger partial charge is 0.348 e. The average molecular weight is 184 g/mol. The predicted octanol–water partition coefficient (Wildman–Crippen LogP) is 1.40. The second kappa shape index (κ2) is 3.79. The highest BCUT2D eigenvalue weighted by Crippen LogP contribution is 2.29.